The molecule has 4 nitrogen and oxygen atoms in total. The van der Waals surface area contributed by atoms with Gasteiger partial charge in [0.05, 0.1) is 6.10 Å². The Hall–Kier alpha value is -1.29. The normalized spacial score (nSPS) is 29.3. The van der Waals surface area contributed by atoms with Crippen LogP contribution < -0.4 is 0 Å². The van der Waals surface area contributed by atoms with Gasteiger partial charge in [0.15, 0.2) is 0 Å². The Morgan fingerprint density at radius 1 is 1.23 bits per heavy atom. The molecule has 1 amide bonds. The average molecular weight is 304 g/mol. The standard InChI is InChI=1S/C18H28N2O2/c1-13(2)19-11-6-9-16(19)18(22)20-12-5-8-15(20)14-7-3-4-10-17(14)21/h6,9,11,13-15,17,21H,3-5,7-8,10,12H2,1-2H3. The molecule has 22 heavy (non-hydrogen) atoms. The van der Waals surface area contributed by atoms with Crippen molar-refractivity contribution in [2.24, 2.45) is 5.92 Å². The first-order chi connectivity index (χ1) is 10.6. The van der Waals surface area contributed by atoms with Gasteiger partial charge >= 0.3 is 0 Å². The van der Waals surface area contributed by atoms with E-state index in [1.54, 1.807) is 0 Å². The zero-order valence-electron chi connectivity index (χ0n) is 13.7. The fourth-order valence-corrected chi connectivity index (χ4v) is 4.25. The highest BCUT2D eigenvalue weighted by Gasteiger charge is 2.39. The van der Waals surface area contributed by atoms with Gasteiger partial charge in [-0.1, -0.05) is 12.8 Å². The van der Waals surface area contributed by atoms with E-state index in [0.717, 1.165) is 44.3 Å². The topological polar surface area (TPSA) is 45.5 Å². The van der Waals surface area contributed by atoms with Gasteiger partial charge in [0.2, 0.25) is 0 Å². The van der Waals surface area contributed by atoms with Crippen molar-refractivity contribution < 1.29 is 9.90 Å². The molecule has 1 N–H and O–H groups in total. The van der Waals surface area contributed by atoms with Crippen LogP contribution >= 0.6 is 0 Å². The second kappa shape index (κ2) is 6.45. The number of nitrogens with zero attached hydrogens (tertiary/aromatic N) is 2. The third kappa shape index (κ3) is 2.81. The second-order valence-electron chi connectivity index (χ2n) is 7.12. The van der Waals surface area contributed by atoms with Gasteiger partial charge in [-0.3, -0.25) is 4.79 Å². The third-order valence-corrected chi connectivity index (χ3v) is 5.39. The highest BCUT2D eigenvalue weighted by Crippen LogP contribution is 2.35. The summed E-state index contributed by atoms with van der Waals surface area (Å²) in [6.45, 7) is 5.03. The Morgan fingerprint density at radius 2 is 2.00 bits per heavy atom. The highest BCUT2D eigenvalue weighted by molar-refractivity contribution is 5.93. The maximum Gasteiger partial charge on any atom is 0.270 e. The summed E-state index contributed by atoms with van der Waals surface area (Å²) in [5, 5.41) is 10.4. The van der Waals surface area contributed by atoms with Crippen LogP contribution in [0.1, 0.15) is 68.9 Å². The van der Waals surface area contributed by atoms with Crippen LogP contribution in [0.25, 0.3) is 0 Å². The lowest BCUT2D eigenvalue weighted by Crippen LogP contribution is -2.45. The van der Waals surface area contributed by atoms with Crippen LogP contribution in [-0.2, 0) is 0 Å². The van der Waals surface area contributed by atoms with Crippen molar-refractivity contribution in [1.29, 1.82) is 0 Å². The molecule has 3 atom stereocenters. The predicted molar refractivity (Wildman–Crippen MR) is 86.8 cm³/mol. The Kier molecular flexibility index (Phi) is 4.57. The quantitative estimate of drug-likeness (QED) is 0.932. The van der Waals surface area contributed by atoms with Gasteiger partial charge in [0, 0.05) is 30.7 Å². The summed E-state index contributed by atoms with van der Waals surface area (Å²) in [4.78, 5) is 15.1. The monoisotopic (exact) mass is 304 g/mol. The number of hydrogen-bond acceptors (Lipinski definition) is 2. The van der Waals surface area contributed by atoms with Crippen molar-refractivity contribution in [3.8, 4) is 0 Å². The van der Waals surface area contributed by atoms with E-state index in [9.17, 15) is 9.90 Å². The third-order valence-electron chi connectivity index (χ3n) is 5.39. The number of rotatable bonds is 3. The van der Waals surface area contributed by atoms with Crippen molar-refractivity contribution in [3.63, 3.8) is 0 Å². The van der Waals surface area contributed by atoms with E-state index in [1.807, 2.05) is 23.2 Å². The summed E-state index contributed by atoms with van der Waals surface area (Å²) in [7, 11) is 0. The van der Waals surface area contributed by atoms with E-state index in [-0.39, 0.29) is 30.0 Å². The van der Waals surface area contributed by atoms with Crippen molar-refractivity contribution in [1.82, 2.24) is 9.47 Å². The largest absolute Gasteiger partial charge is 0.393 e. The van der Waals surface area contributed by atoms with Crippen molar-refractivity contribution in [3.05, 3.63) is 24.0 Å². The molecule has 122 valence electrons. The molecule has 1 aromatic heterocycles. The van der Waals surface area contributed by atoms with Crippen LogP contribution in [0.2, 0.25) is 0 Å². The van der Waals surface area contributed by atoms with Gasteiger partial charge in [0.1, 0.15) is 5.69 Å². The lowest BCUT2D eigenvalue weighted by molar-refractivity contribution is 0.0207. The Morgan fingerprint density at radius 3 is 2.73 bits per heavy atom. The molecular formula is C18H28N2O2. The predicted octanol–water partition coefficient (Wildman–Crippen LogP) is 3.22. The van der Waals surface area contributed by atoms with E-state index in [1.165, 1.54) is 6.42 Å². The van der Waals surface area contributed by atoms with Crippen LogP contribution in [0.5, 0.6) is 0 Å². The molecule has 1 saturated carbocycles. The van der Waals surface area contributed by atoms with Crippen LogP contribution in [0.3, 0.4) is 0 Å². The van der Waals surface area contributed by atoms with Crippen LogP contribution in [0, 0.1) is 5.92 Å². The van der Waals surface area contributed by atoms with Gasteiger partial charge < -0.3 is 14.6 Å². The van der Waals surface area contributed by atoms with Crippen molar-refractivity contribution in [2.45, 2.75) is 70.6 Å². The first-order valence-electron chi connectivity index (χ1n) is 8.75. The lowest BCUT2D eigenvalue weighted by atomic mass is 9.80. The minimum Gasteiger partial charge on any atom is -0.393 e. The average Bonchev–Trinajstić information content (AvgIpc) is 3.16. The highest BCUT2D eigenvalue weighted by atomic mass is 16.3. The summed E-state index contributed by atoms with van der Waals surface area (Å²) in [5.74, 6) is 0.404. The first-order valence-corrected chi connectivity index (χ1v) is 8.75. The zero-order chi connectivity index (χ0) is 15.7. The number of hydrogen-bond donors (Lipinski definition) is 1. The molecule has 3 unspecified atom stereocenters. The number of aliphatic hydroxyl groups is 1. The maximum absolute atomic E-state index is 13.0. The van der Waals surface area contributed by atoms with Crippen molar-refractivity contribution in [2.75, 3.05) is 6.54 Å². The molecule has 0 aromatic carbocycles. The number of aliphatic hydroxyl groups excluding tert-OH is 1. The van der Waals surface area contributed by atoms with E-state index < -0.39 is 0 Å². The van der Waals surface area contributed by atoms with Crippen LogP contribution in [0.4, 0.5) is 0 Å². The van der Waals surface area contributed by atoms with Gasteiger partial charge in [-0.25, -0.2) is 0 Å². The summed E-state index contributed by atoms with van der Waals surface area (Å²) in [6.07, 6.45) is 8.10. The maximum atomic E-state index is 13.0. The van der Waals surface area contributed by atoms with Gasteiger partial charge in [-0.2, -0.15) is 0 Å². The van der Waals surface area contributed by atoms with Gasteiger partial charge in [0.25, 0.3) is 5.91 Å². The molecule has 1 saturated heterocycles. The smallest absolute Gasteiger partial charge is 0.270 e. The molecule has 0 bridgehead atoms. The minimum absolute atomic E-state index is 0.138. The number of carbonyl (C=O) groups is 1. The molecule has 2 fully saturated rings. The molecular weight excluding hydrogens is 276 g/mol. The fraction of sp³-hybridized carbons (Fsp3) is 0.722. The van der Waals surface area contributed by atoms with Crippen LogP contribution in [0.15, 0.2) is 18.3 Å². The van der Waals surface area contributed by atoms with E-state index >= 15 is 0 Å². The lowest BCUT2D eigenvalue weighted by Gasteiger charge is -2.37. The van der Waals surface area contributed by atoms with E-state index in [0.29, 0.717) is 0 Å². The number of aromatic nitrogens is 1. The van der Waals surface area contributed by atoms with Gasteiger partial charge in [-0.15, -0.1) is 0 Å². The minimum atomic E-state index is -0.232. The zero-order valence-corrected chi connectivity index (χ0v) is 13.7. The molecule has 0 radical (unpaired) electrons. The number of likely N-dealkylation sites (tertiary alicyclic amines) is 1. The van der Waals surface area contributed by atoms with Crippen LogP contribution in [-0.4, -0.2) is 39.2 Å². The van der Waals surface area contributed by atoms with E-state index in [4.69, 9.17) is 0 Å². The molecule has 1 aromatic rings. The first kappa shape index (κ1) is 15.6. The van der Waals surface area contributed by atoms with E-state index in [2.05, 4.69) is 18.4 Å². The second-order valence-corrected chi connectivity index (χ2v) is 7.12. The molecule has 4 heteroatoms. The SMILES string of the molecule is CC(C)n1cccc1C(=O)N1CCCC1C1CCCCC1O. The van der Waals surface area contributed by atoms with Crippen molar-refractivity contribution >= 4 is 5.91 Å². The molecule has 1 aliphatic heterocycles. The molecule has 2 heterocycles. The summed E-state index contributed by atoms with van der Waals surface area (Å²) >= 11 is 0. The molecule has 2 aliphatic rings. The number of amides is 1. The number of carbonyl (C=O) groups excluding carboxylic acids is 1. The summed E-state index contributed by atoms with van der Waals surface area (Å²) < 4.78 is 2.05. The van der Waals surface area contributed by atoms with Gasteiger partial charge in [-0.05, 0) is 51.7 Å². The summed E-state index contributed by atoms with van der Waals surface area (Å²) in [6, 6.07) is 4.39. The summed E-state index contributed by atoms with van der Waals surface area (Å²) in [5.41, 5.74) is 0.784. The molecule has 0 spiro atoms. The Balaban J connectivity index is 1.80. The Bertz CT molecular complexity index is 523. The molecule has 1 aliphatic carbocycles. The fourth-order valence-electron chi connectivity index (χ4n) is 4.25. The Labute approximate surface area is 133 Å². The molecule has 3 rings (SSSR count).